The number of nitro benzene ring substituents is 1. The van der Waals surface area contributed by atoms with Gasteiger partial charge in [-0.2, -0.15) is 0 Å². The normalized spacial score (nSPS) is 10.2. The lowest BCUT2D eigenvalue weighted by Crippen LogP contribution is -1.93. The van der Waals surface area contributed by atoms with E-state index in [9.17, 15) is 19.3 Å². The van der Waals surface area contributed by atoms with Gasteiger partial charge in [0.25, 0.3) is 0 Å². The van der Waals surface area contributed by atoms with Gasteiger partial charge in [0, 0.05) is 12.1 Å². The summed E-state index contributed by atoms with van der Waals surface area (Å²) in [4.78, 5) is 20.7. The van der Waals surface area contributed by atoms with Gasteiger partial charge in [0.1, 0.15) is 10.7 Å². The van der Waals surface area contributed by atoms with Crippen molar-refractivity contribution in [3.63, 3.8) is 0 Å². The Morgan fingerprint density at radius 3 is 2.68 bits per heavy atom. The average molecular weight is 283 g/mol. The molecule has 8 heteroatoms. The molecule has 0 spiro atoms. The van der Waals surface area contributed by atoms with Crippen molar-refractivity contribution in [2.75, 3.05) is 0 Å². The maximum absolute atomic E-state index is 13.1. The Morgan fingerprint density at radius 1 is 1.37 bits per heavy atom. The van der Waals surface area contributed by atoms with Crippen molar-refractivity contribution in [1.82, 2.24) is 0 Å². The van der Waals surface area contributed by atoms with Gasteiger partial charge in [-0.3, -0.25) is 10.1 Å². The largest absolute Gasteiger partial charge is 0.477 e. The number of thiophene rings is 1. The van der Waals surface area contributed by atoms with E-state index in [-0.39, 0.29) is 15.7 Å². The fourth-order valence-electron chi connectivity index (χ4n) is 1.32. The molecule has 19 heavy (non-hydrogen) atoms. The predicted molar refractivity (Wildman–Crippen MR) is 64.4 cm³/mol. The summed E-state index contributed by atoms with van der Waals surface area (Å²) in [7, 11) is 0. The number of rotatable bonds is 4. The van der Waals surface area contributed by atoms with E-state index in [1.807, 2.05) is 0 Å². The van der Waals surface area contributed by atoms with Crippen LogP contribution in [0.1, 0.15) is 9.67 Å². The Labute approximate surface area is 109 Å². The zero-order chi connectivity index (χ0) is 14.0. The number of carboxylic acids is 1. The average Bonchev–Trinajstić information content (AvgIpc) is 2.77. The van der Waals surface area contributed by atoms with Crippen LogP contribution in [0, 0.1) is 15.9 Å². The van der Waals surface area contributed by atoms with Crippen LogP contribution in [0.15, 0.2) is 30.3 Å². The summed E-state index contributed by atoms with van der Waals surface area (Å²) in [6, 6.07) is 5.45. The van der Waals surface area contributed by atoms with Crippen molar-refractivity contribution in [3.8, 4) is 10.8 Å². The second kappa shape index (κ2) is 5.02. The Bertz CT molecular complexity index is 654. The standard InChI is InChI=1S/C11H6FNO5S/c12-6-1-2-7(13(16)17)8(5-6)18-10-4-3-9(19-10)11(14)15/h1-5H,(H,14,15). The van der Waals surface area contributed by atoms with Crippen molar-refractivity contribution in [1.29, 1.82) is 0 Å². The Hall–Kier alpha value is -2.48. The monoisotopic (exact) mass is 283 g/mol. The number of carboxylic acid groups (broad SMARTS) is 1. The Balaban J connectivity index is 2.33. The zero-order valence-corrected chi connectivity index (χ0v) is 10.0. The van der Waals surface area contributed by atoms with Crippen LogP contribution >= 0.6 is 11.3 Å². The van der Waals surface area contributed by atoms with Crippen molar-refractivity contribution in [2.45, 2.75) is 0 Å². The third-order valence-corrected chi connectivity index (χ3v) is 3.07. The summed E-state index contributed by atoms with van der Waals surface area (Å²) in [6.45, 7) is 0. The van der Waals surface area contributed by atoms with E-state index in [0.29, 0.717) is 0 Å². The number of benzene rings is 1. The lowest BCUT2D eigenvalue weighted by Gasteiger charge is -2.03. The highest BCUT2D eigenvalue weighted by atomic mass is 32.1. The highest BCUT2D eigenvalue weighted by Crippen LogP contribution is 2.35. The van der Waals surface area contributed by atoms with Crippen molar-refractivity contribution in [3.05, 3.63) is 51.1 Å². The fourth-order valence-corrected chi connectivity index (χ4v) is 2.03. The third kappa shape index (κ3) is 2.86. The topological polar surface area (TPSA) is 89.7 Å². The molecule has 1 heterocycles. The molecule has 0 saturated carbocycles. The molecule has 0 atom stereocenters. The molecule has 98 valence electrons. The second-order valence-electron chi connectivity index (χ2n) is 3.40. The van der Waals surface area contributed by atoms with Gasteiger partial charge in [-0.15, -0.1) is 0 Å². The minimum absolute atomic E-state index is 0.0223. The number of carbonyl (C=O) groups is 1. The first-order chi connectivity index (χ1) is 8.97. The molecule has 0 unspecified atom stereocenters. The molecule has 0 amide bonds. The minimum atomic E-state index is -1.13. The lowest BCUT2D eigenvalue weighted by atomic mass is 10.3. The summed E-state index contributed by atoms with van der Waals surface area (Å²) in [5.74, 6) is -2.09. The lowest BCUT2D eigenvalue weighted by molar-refractivity contribution is -0.385. The molecule has 0 aliphatic rings. The summed E-state index contributed by atoms with van der Waals surface area (Å²) in [5.41, 5.74) is -0.397. The molecule has 0 bridgehead atoms. The molecule has 0 aliphatic carbocycles. The zero-order valence-electron chi connectivity index (χ0n) is 9.20. The van der Waals surface area contributed by atoms with Gasteiger partial charge in [-0.1, -0.05) is 11.3 Å². The Morgan fingerprint density at radius 2 is 2.11 bits per heavy atom. The van der Waals surface area contributed by atoms with Crippen LogP contribution in [0.5, 0.6) is 10.8 Å². The van der Waals surface area contributed by atoms with E-state index in [1.165, 1.54) is 12.1 Å². The molecule has 0 saturated heterocycles. The minimum Gasteiger partial charge on any atom is -0.477 e. The van der Waals surface area contributed by atoms with E-state index in [1.54, 1.807) is 0 Å². The molecule has 0 radical (unpaired) electrons. The number of hydrogen-bond acceptors (Lipinski definition) is 5. The number of nitrogens with zero attached hydrogens (tertiary/aromatic N) is 1. The number of halogens is 1. The van der Waals surface area contributed by atoms with Crippen LogP contribution in [-0.4, -0.2) is 16.0 Å². The SMILES string of the molecule is O=C(O)c1ccc(Oc2cc(F)ccc2[N+](=O)[O-])s1. The molecule has 1 aromatic carbocycles. The predicted octanol–water partition coefficient (Wildman–Crippen LogP) is 3.29. The highest BCUT2D eigenvalue weighted by molar-refractivity contribution is 7.15. The summed E-state index contributed by atoms with van der Waals surface area (Å²) in [6.07, 6.45) is 0. The van der Waals surface area contributed by atoms with E-state index in [0.717, 1.165) is 29.5 Å². The summed E-state index contributed by atoms with van der Waals surface area (Å²) < 4.78 is 18.2. The maximum atomic E-state index is 13.1. The van der Waals surface area contributed by atoms with Crippen LogP contribution in [-0.2, 0) is 0 Å². The number of aromatic carboxylic acids is 1. The number of hydrogen-bond donors (Lipinski definition) is 1. The van der Waals surface area contributed by atoms with Crippen LogP contribution in [0.4, 0.5) is 10.1 Å². The second-order valence-corrected chi connectivity index (χ2v) is 4.44. The molecule has 1 N–H and O–H groups in total. The molecule has 6 nitrogen and oxygen atoms in total. The van der Waals surface area contributed by atoms with Gasteiger partial charge in [0.2, 0.25) is 5.75 Å². The summed E-state index contributed by atoms with van der Waals surface area (Å²) in [5, 5.41) is 19.6. The molecule has 1 aromatic heterocycles. The molecule has 2 aromatic rings. The maximum Gasteiger partial charge on any atom is 0.345 e. The summed E-state index contributed by atoms with van der Waals surface area (Å²) >= 11 is 0.795. The van der Waals surface area contributed by atoms with Crippen LogP contribution in [0.2, 0.25) is 0 Å². The number of nitro groups is 1. The van der Waals surface area contributed by atoms with Crippen LogP contribution in [0.3, 0.4) is 0 Å². The van der Waals surface area contributed by atoms with Crippen LogP contribution in [0.25, 0.3) is 0 Å². The highest BCUT2D eigenvalue weighted by Gasteiger charge is 2.18. The smallest absolute Gasteiger partial charge is 0.345 e. The Kier molecular flexibility index (Phi) is 3.43. The third-order valence-electron chi connectivity index (χ3n) is 2.12. The van der Waals surface area contributed by atoms with Gasteiger partial charge in [-0.25, -0.2) is 9.18 Å². The van der Waals surface area contributed by atoms with Gasteiger partial charge in [0.05, 0.1) is 4.92 Å². The fraction of sp³-hybridized carbons (Fsp3) is 0. The first-order valence-corrected chi connectivity index (χ1v) is 5.74. The number of ether oxygens (including phenoxy) is 1. The van der Waals surface area contributed by atoms with E-state index < -0.39 is 22.4 Å². The first-order valence-electron chi connectivity index (χ1n) is 4.92. The first kappa shape index (κ1) is 13.0. The van der Waals surface area contributed by atoms with E-state index >= 15 is 0 Å². The van der Waals surface area contributed by atoms with Crippen LogP contribution < -0.4 is 4.74 Å². The van der Waals surface area contributed by atoms with Gasteiger partial charge in [-0.05, 0) is 18.2 Å². The van der Waals surface area contributed by atoms with E-state index in [4.69, 9.17) is 9.84 Å². The van der Waals surface area contributed by atoms with Gasteiger partial charge >= 0.3 is 11.7 Å². The molecule has 2 rings (SSSR count). The van der Waals surface area contributed by atoms with Crippen molar-refractivity contribution >= 4 is 23.0 Å². The van der Waals surface area contributed by atoms with E-state index in [2.05, 4.69) is 0 Å². The van der Waals surface area contributed by atoms with Crippen molar-refractivity contribution in [2.24, 2.45) is 0 Å². The van der Waals surface area contributed by atoms with Crippen molar-refractivity contribution < 1.29 is 24.0 Å². The van der Waals surface area contributed by atoms with Gasteiger partial charge < -0.3 is 9.84 Å². The molecular formula is C11H6FNO5S. The molecule has 0 aliphatic heterocycles. The quantitative estimate of drug-likeness (QED) is 0.686. The molecular weight excluding hydrogens is 277 g/mol. The van der Waals surface area contributed by atoms with Gasteiger partial charge in [0.15, 0.2) is 5.06 Å². The molecule has 0 fully saturated rings.